The SMILES string of the molecule is Brc1cccc2cc(-c3nc(-c4ccc5ccccc5c4)nc(-c4cc5ccccc5c5ccccc45)n3)ccc12. The van der Waals surface area contributed by atoms with Crippen LogP contribution in [0.25, 0.3) is 77.3 Å². The molecule has 1 heterocycles. The molecule has 0 radical (unpaired) electrons. The zero-order valence-corrected chi connectivity index (χ0v) is 23.5. The Morgan fingerprint density at radius 2 is 0.927 bits per heavy atom. The van der Waals surface area contributed by atoms with E-state index in [9.17, 15) is 0 Å². The molecule has 0 atom stereocenters. The van der Waals surface area contributed by atoms with Crippen LogP contribution in [-0.4, -0.2) is 15.0 Å². The van der Waals surface area contributed by atoms with E-state index in [-0.39, 0.29) is 0 Å². The fourth-order valence-corrected chi connectivity index (χ4v) is 6.22. The number of aromatic nitrogens is 3. The third-order valence-corrected chi connectivity index (χ3v) is 8.43. The molecule has 0 aliphatic rings. The van der Waals surface area contributed by atoms with Crippen molar-refractivity contribution in [2.45, 2.75) is 0 Å². The molecule has 1 aromatic heterocycles. The molecule has 41 heavy (non-hydrogen) atoms. The average molecular weight is 589 g/mol. The third-order valence-electron chi connectivity index (χ3n) is 7.74. The zero-order chi connectivity index (χ0) is 27.3. The zero-order valence-electron chi connectivity index (χ0n) is 21.9. The second kappa shape index (κ2) is 9.61. The van der Waals surface area contributed by atoms with Gasteiger partial charge in [-0.3, -0.25) is 0 Å². The van der Waals surface area contributed by atoms with Gasteiger partial charge in [0.15, 0.2) is 17.5 Å². The van der Waals surface area contributed by atoms with Gasteiger partial charge in [0.2, 0.25) is 0 Å². The van der Waals surface area contributed by atoms with Gasteiger partial charge < -0.3 is 0 Å². The summed E-state index contributed by atoms with van der Waals surface area (Å²) in [6, 6.07) is 46.6. The van der Waals surface area contributed by atoms with Crippen molar-refractivity contribution in [2.75, 3.05) is 0 Å². The average Bonchev–Trinajstić information content (AvgIpc) is 3.04. The summed E-state index contributed by atoms with van der Waals surface area (Å²) in [6.45, 7) is 0. The summed E-state index contributed by atoms with van der Waals surface area (Å²) in [6.07, 6.45) is 0. The van der Waals surface area contributed by atoms with Crippen molar-refractivity contribution in [3.63, 3.8) is 0 Å². The standard InChI is InChI=1S/C37H22BrN3/c38-34-15-7-11-25-21-28(18-19-30(25)34)36-39-35(27-17-16-23-8-1-2-9-24(23)20-27)40-37(41-36)33-22-26-10-3-4-12-29(26)31-13-5-6-14-32(31)33/h1-22H. The minimum Gasteiger partial charge on any atom is -0.208 e. The van der Waals surface area contributed by atoms with Gasteiger partial charge in [0.1, 0.15) is 0 Å². The molecule has 0 bridgehead atoms. The van der Waals surface area contributed by atoms with Crippen LogP contribution in [0.2, 0.25) is 0 Å². The van der Waals surface area contributed by atoms with Crippen LogP contribution in [0.5, 0.6) is 0 Å². The molecule has 192 valence electrons. The van der Waals surface area contributed by atoms with Gasteiger partial charge in [0.25, 0.3) is 0 Å². The number of hydrogen-bond acceptors (Lipinski definition) is 3. The van der Waals surface area contributed by atoms with Gasteiger partial charge in [-0.1, -0.05) is 125 Å². The van der Waals surface area contributed by atoms with E-state index in [1.807, 2.05) is 0 Å². The molecule has 0 unspecified atom stereocenters. The number of hydrogen-bond donors (Lipinski definition) is 0. The quantitative estimate of drug-likeness (QED) is 0.193. The van der Waals surface area contributed by atoms with Crippen LogP contribution in [0.3, 0.4) is 0 Å². The summed E-state index contributed by atoms with van der Waals surface area (Å²) in [7, 11) is 0. The smallest absolute Gasteiger partial charge is 0.164 e. The van der Waals surface area contributed by atoms with E-state index in [0.717, 1.165) is 48.1 Å². The first-order valence-corrected chi connectivity index (χ1v) is 14.4. The molecule has 8 aromatic rings. The Morgan fingerprint density at radius 3 is 1.73 bits per heavy atom. The summed E-state index contributed by atoms with van der Waals surface area (Å²) >= 11 is 3.68. The van der Waals surface area contributed by atoms with E-state index >= 15 is 0 Å². The molecule has 0 spiro atoms. The highest BCUT2D eigenvalue weighted by atomic mass is 79.9. The summed E-state index contributed by atoms with van der Waals surface area (Å²) < 4.78 is 1.07. The summed E-state index contributed by atoms with van der Waals surface area (Å²) in [5.74, 6) is 1.97. The maximum Gasteiger partial charge on any atom is 0.164 e. The van der Waals surface area contributed by atoms with Crippen molar-refractivity contribution in [1.82, 2.24) is 15.0 Å². The van der Waals surface area contributed by atoms with Gasteiger partial charge >= 0.3 is 0 Å². The first-order valence-electron chi connectivity index (χ1n) is 13.6. The van der Waals surface area contributed by atoms with E-state index in [0.29, 0.717) is 17.5 Å². The Hall–Kier alpha value is -4.93. The maximum absolute atomic E-state index is 5.11. The van der Waals surface area contributed by atoms with E-state index in [1.54, 1.807) is 0 Å². The number of fused-ring (bicyclic) bond motifs is 5. The van der Waals surface area contributed by atoms with E-state index in [1.165, 1.54) is 16.2 Å². The highest BCUT2D eigenvalue weighted by Crippen LogP contribution is 2.36. The Labute approximate surface area is 245 Å². The highest BCUT2D eigenvalue weighted by Gasteiger charge is 2.16. The Morgan fingerprint density at radius 1 is 0.366 bits per heavy atom. The lowest BCUT2D eigenvalue weighted by Crippen LogP contribution is -2.01. The third kappa shape index (κ3) is 4.16. The summed E-state index contributed by atoms with van der Waals surface area (Å²) in [4.78, 5) is 15.3. The second-order valence-electron chi connectivity index (χ2n) is 10.2. The van der Waals surface area contributed by atoms with Gasteiger partial charge in [0.05, 0.1) is 0 Å². The molecule has 8 rings (SSSR count). The van der Waals surface area contributed by atoms with Gasteiger partial charge in [-0.05, 0) is 67.4 Å². The normalized spacial score (nSPS) is 11.5. The van der Waals surface area contributed by atoms with Crippen LogP contribution in [0.15, 0.2) is 138 Å². The molecular weight excluding hydrogens is 566 g/mol. The van der Waals surface area contributed by atoms with Crippen LogP contribution in [-0.2, 0) is 0 Å². The molecule has 0 saturated heterocycles. The molecule has 0 fully saturated rings. The Balaban J connectivity index is 1.41. The van der Waals surface area contributed by atoms with Gasteiger partial charge in [-0.15, -0.1) is 0 Å². The maximum atomic E-state index is 5.11. The lowest BCUT2D eigenvalue weighted by molar-refractivity contribution is 1.08. The first kappa shape index (κ1) is 23.9. The molecular formula is C37H22BrN3. The van der Waals surface area contributed by atoms with Crippen molar-refractivity contribution < 1.29 is 0 Å². The van der Waals surface area contributed by atoms with Crippen LogP contribution < -0.4 is 0 Å². The molecule has 7 aromatic carbocycles. The monoisotopic (exact) mass is 587 g/mol. The van der Waals surface area contributed by atoms with Crippen LogP contribution in [0.4, 0.5) is 0 Å². The van der Waals surface area contributed by atoms with E-state index < -0.39 is 0 Å². The summed E-state index contributed by atoms with van der Waals surface area (Å²) in [5.41, 5.74) is 2.90. The lowest BCUT2D eigenvalue weighted by atomic mass is 9.97. The van der Waals surface area contributed by atoms with Gasteiger partial charge in [-0.2, -0.15) is 0 Å². The fourth-order valence-electron chi connectivity index (χ4n) is 5.71. The topological polar surface area (TPSA) is 38.7 Å². The number of benzene rings is 7. The predicted molar refractivity (Wildman–Crippen MR) is 174 cm³/mol. The predicted octanol–water partition coefficient (Wildman–Crippen LogP) is 10.2. The number of rotatable bonds is 3. The Kier molecular flexibility index (Phi) is 5.61. The van der Waals surface area contributed by atoms with Crippen LogP contribution in [0, 0.1) is 0 Å². The molecule has 0 aliphatic carbocycles. The molecule has 0 N–H and O–H groups in total. The van der Waals surface area contributed by atoms with Crippen molar-refractivity contribution in [2.24, 2.45) is 0 Å². The first-order chi connectivity index (χ1) is 20.2. The molecule has 0 saturated carbocycles. The Bertz CT molecular complexity index is 2290. The minimum absolute atomic E-state index is 0.650. The highest BCUT2D eigenvalue weighted by molar-refractivity contribution is 9.10. The number of halogens is 1. The molecule has 0 amide bonds. The van der Waals surface area contributed by atoms with E-state index in [4.69, 9.17) is 15.0 Å². The van der Waals surface area contributed by atoms with Gasteiger partial charge in [0, 0.05) is 21.2 Å². The van der Waals surface area contributed by atoms with Crippen molar-refractivity contribution in [3.8, 4) is 34.2 Å². The minimum atomic E-state index is 0.650. The van der Waals surface area contributed by atoms with Crippen molar-refractivity contribution in [3.05, 3.63) is 138 Å². The molecule has 3 nitrogen and oxygen atoms in total. The summed E-state index contributed by atoms with van der Waals surface area (Å²) in [5, 5.41) is 9.30. The largest absolute Gasteiger partial charge is 0.208 e. The van der Waals surface area contributed by atoms with Crippen LogP contribution in [0.1, 0.15) is 0 Å². The lowest BCUT2D eigenvalue weighted by Gasteiger charge is -2.13. The van der Waals surface area contributed by atoms with Crippen molar-refractivity contribution in [1.29, 1.82) is 0 Å². The van der Waals surface area contributed by atoms with Crippen molar-refractivity contribution >= 4 is 59.0 Å². The molecule has 4 heteroatoms. The van der Waals surface area contributed by atoms with E-state index in [2.05, 4.69) is 149 Å². The fraction of sp³-hybridized carbons (Fsp3) is 0. The second-order valence-corrected chi connectivity index (χ2v) is 11.1. The number of nitrogens with zero attached hydrogens (tertiary/aromatic N) is 3. The van der Waals surface area contributed by atoms with Gasteiger partial charge in [-0.25, -0.2) is 15.0 Å². The molecule has 0 aliphatic heterocycles. The van der Waals surface area contributed by atoms with Crippen LogP contribution >= 0.6 is 15.9 Å².